The maximum absolute atomic E-state index is 11.4. The Bertz CT molecular complexity index is 429. The largest absolute Gasteiger partial charge is 0.329 e. The zero-order valence-corrected chi connectivity index (χ0v) is 11.2. The van der Waals surface area contributed by atoms with Crippen LogP contribution in [0.25, 0.3) is 0 Å². The molecule has 0 unspecified atom stereocenters. The van der Waals surface area contributed by atoms with E-state index in [2.05, 4.69) is 29.6 Å². The van der Waals surface area contributed by atoms with Gasteiger partial charge < -0.3 is 10.6 Å². The number of carbonyl (C=O) groups excluding carboxylic acids is 2. The second kappa shape index (κ2) is 5.83. The van der Waals surface area contributed by atoms with Crippen molar-refractivity contribution in [2.24, 2.45) is 0 Å². The van der Waals surface area contributed by atoms with E-state index in [0.717, 1.165) is 0 Å². The standard InChI is InChI=1S/C12H19N5O2/c1-9(10(2)17-6-3-4-15-17)13-5-7-16-11(18)8-14-12(16)19/h3-4,6,9-10,13H,5,7-8H2,1-2H3,(H,14,19)/t9-,10-/m0/s1. The predicted octanol–water partition coefficient (Wildman–Crippen LogP) is -0.0260. The monoisotopic (exact) mass is 265 g/mol. The molecule has 1 aliphatic heterocycles. The van der Waals surface area contributed by atoms with E-state index in [4.69, 9.17) is 0 Å². The van der Waals surface area contributed by atoms with Gasteiger partial charge in [0.1, 0.15) is 0 Å². The van der Waals surface area contributed by atoms with E-state index in [1.807, 2.05) is 16.9 Å². The third-order valence-electron chi connectivity index (χ3n) is 3.40. The summed E-state index contributed by atoms with van der Waals surface area (Å²) in [5.41, 5.74) is 0. The number of nitrogens with one attached hydrogen (secondary N) is 2. The molecule has 0 saturated carbocycles. The SMILES string of the molecule is C[C@H](NCCN1C(=O)CNC1=O)[C@H](C)n1cccn1. The molecule has 1 aliphatic rings. The van der Waals surface area contributed by atoms with E-state index in [-0.39, 0.29) is 30.6 Å². The molecule has 0 bridgehead atoms. The van der Waals surface area contributed by atoms with E-state index in [0.29, 0.717) is 13.1 Å². The van der Waals surface area contributed by atoms with Crippen molar-refractivity contribution in [3.05, 3.63) is 18.5 Å². The molecule has 0 spiro atoms. The Morgan fingerprint density at radius 1 is 1.47 bits per heavy atom. The van der Waals surface area contributed by atoms with Crippen LogP contribution in [0.3, 0.4) is 0 Å². The number of hydrogen-bond acceptors (Lipinski definition) is 4. The van der Waals surface area contributed by atoms with Crippen molar-refractivity contribution < 1.29 is 9.59 Å². The summed E-state index contributed by atoms with van der Waals surface area (Å²) in [5, 5.41) is 10.00. The van der Waals surface area contributed by atoms with Crippen LogP contribution in [0.15, 0.2) is 18.5 Å². The van der Waals surface area contributed by atoms with Crippen molar-refractivity contribution in [3.63, 3.8) is 0 Å². The molecule has 2 N–H and O–H groups in total. The van der Waals surface area contributed by atoms with Gasteiger partial charge in [-0.15, -0.1) is 0 Å². The molecule has 1 aromatic heterocycles. The Morgan fingerprint density at radius 3 is 2.84 bits per heavy atom. The second-order valence-electron chi connectivity index (χ2n) is 4.67. The van der Waals surface area contributed by atoms with Gasteiger partial charge in [-0.1, -0.05) is 0 Å². The fraction of sp³-hybridized carbons (Fsp3) is 0.583. The Labute approximate surface area is 111 Å². The summed E-state index contributed by atoms with van der Waals surface area (Å²) in [6.07, 6.45) is 3.66. The van der Waals surface area contributed by atoms with E-state index in [1.165, 1.54) is 4.90 Å². The Balaban J connectivity index is 1.76. The average Bonchev–Trinajstić information content (AvgIpc) is 3.02. The molecule has 2 atom stereocenters. The number of carbonyl (C=O) groups is 2. The molecule has 104 valence electrons. The Hall–Kier alpha value is -1.89. The van der Waals surface area contributed by atoms with Crippen molar-refractivity contribution in [2.45, 2.75) is 25.9 Å². The van der Waals surface area contributed by atoms with E-state index in [1.54, 1.807) is 6.20 Å². The fourth-order valence-corrected chi connectivity index (χ4v) is 2.01. The van der Waals surface area contributed by atoms with Crippen LogP contribution in [0.1, 0.15) is 19.9 Å². The molecule has 7 heteroatoms. The second-order valence-corrected chi connectivity index (χ2v) is 4.67. The van der Waals surface area contributed by atoms with Crippen LogP contribution >= 0.6 is 0 Å². The van der Waals surface area contributed by atoms with E-state index >= 15 is 0 Å². The molecule has 1 fully saturated rings. The summed E-state index contributed by atoms with van der Waals surface area (Å²) >= 11 is 0. The third-order valence-corrected chi connectivity index (χ3v) is 3.40. The zero-order chi connectivity index (χ0) is 13.8. The highest BCUT2D eigenvalue weighted by Crippen LogP contribution is 2.08. The van der Waals surface area contributed by atoms with Crippen LogP contribution in [0.4, 0.5) is 4.79 Å². The number of imide groups is 1. The van der Waals surface area contributed by atoms with Crippen molar-refractivity contribution in [3.8, 4) is 0 Å². The normalized spacial score (nSPS) is 18.5. The quantitative estimate of drug-likeness (QED) is 0.708. The van der Waals surface area contributed by atoms with E-state index in [9.17, 15) is 9.59 Å². The van der Waals surface area contributed by atoms with Gasteiger partial charge >= 0.3 is 6.03 Å². The lowest BCUT2D eigenvalue weighted by atomic mass is 10.2. The molecule has 0 radical (unpaired) electrons. The first-order valence-corrected chi connectivity index (χ1v) is 6.40. The molecule has 1 saturated heterocycles. The number of aromatic nitrogens is 2. The highest BCUT2D eigenvalue weighted by Gasteiger charge is 2.27. The van der Waals surface area contributed by atoms with Gasteiger partial charge in [-0.2, -0.15) is 5.10 Å². The summed E-state index contributed by atoms with van der Waals surface area (Å²) in [5.74, 6) is -0.167. The lowest BCUT2D eigenvalue weighted by Gasteiger charge is -2.22. The maximum atomic E-state index is 11.4. The van der Waals surface area contributed by atoms with Crippen LogP contribution in [0, 0.1) is 0 Å². The highest BCUT2D eigenvalue weighted by atomic mass is 16.2. The molecule has 7 nitrogen and oxygen atoms in total. The minimum absolute atomic E-state index is 0.109. The van der Waals surface area contributed by atoms with E-state index < -0.39 is 0 Å². The summed E-state index contributed by atoms with van der Waals surface area (Å²) in [7, 11) is 0. The summed E-state index contributed by atoms with van der Waals surface area (Å²) in [4.78, 5) is 23.9. The highest BCUT2D eigenvalue weighted by molar-refractivity contribution is 6.01. The first kappa shape index (κ1) is 13.5. The number of hydrogen-bond donors (Lipinski definition) is 2. The summed E-state index contributed by atoms with van der Waals surface area (Å²) in [6.45, 7) is 5.20. The van der Waals surface area contributed by atoms with Crippen LogP contribution in [0.5, 0.6) is 0 Å². The summed E-state index contributed by atoms with van der Waals surface area (Å²) in [6, 6.07) is 1.98. The molecular weight excluding hydrogens is 246 g/mol. The van der Waals surface area contributed by atoms with Gasteiger partial charge in [-0.05, 0) is 19.9 Å². The molecule has 0 aliphatic carbocycles. The molecule has 0 aromatic carbocycles. The Kier molecular flexibility index (Phi) is 4.16. The van der Waals surface area contributed by atoms with Gasteiger partial charge in [0.25, 0.3) is 0 Å². The van der Waals surface area contributed by atoms with Gasteiger partial charge in [0, 0.05) is 31.5 Å². The molecule has 1 aromatic rings. The zero-order valence-electron chi connectivity index (χ0n) is 11.2. The maximum Gasteiger partial charge on any atom is 0.324 e. The number of amides is 3. The van der Waals surface area contributed by atoms with Gasteiger partial charge in [0.2, 0.25) is 5.91 Å². The van der Waals surface area contributed by atoms with Crippen molar-refractivity contribution >= 4 is 11.9 Å². The van der Waals surface area contributed by atoms with Crippen LogP contribution in [0.2, 0.25) is 0 Å². The topological polar surface area (TPSA) is 79.3 Å². The van der Waals surface area contributed by atoms with Gasteiger partial charge in [-0.3, -0.25) is 14.4 Å². The van der Waals surface area contributed by atoms with Gasteiger partial charge in [0.15, 0.2) is 0 Å². The van der Waals surface area contributed by atoms with Gasteiger partial charge in [-0.25, -0.2) is 4.79 Å². The number of urea groups is 1. The molecule has 3 amide bonds. The minimum Gasteiger partial charge on any atom is -0.329 e. The van der Waals surface area contributed by atoms with Crippen molar-refractivity contribution in [2.75, 3.05) is 19.6 Å². The van der Waals surface area contributed by atoms with Gasteiger partial charge in [0.05, 0.1) is 12.6 Å². The summed E-state index contributed by atoms with van der Waals surface area (Å²) < 4.78 is 1.88. The first-order valence-electron chi connectivity index (χ1n) is 6.40. The third kappa shape index (κ3) is 3.11. The Morgan fingerprint density at radius 2 is 2.26 bits per heavy atom. The molecule has 2 rings (SSSR count). The average molecular weight is 265 g/mol. The van der Waals surface area contributed by atoms with Crippen LogP contribution in [-0.4, -0.2) is 52.3 Å². The number of nitrogens with zero attached hydrogens (tertiary/aromatic N) is 3. The van der Waals surface area contributed by atoms with Crippen LogP contribution in [-0.2, 0) is 4.79 Å². The van der Waals surface area contributed by atoms with Crippen molar-refractivity contribution in [1.29, 1.82) is 0 Å². The smallest absolute Gasteiger partial charge is 0.324 e. The molecule has 19 heavy (non-hydrogen) atoms. The van der Waals surface area contributed by atoms with Crippen molar-refractivity contribution in [1.82, 2.24) is 25.3 Å². The minimum atomic E-state index is -0.306. The molecule has 2 heterocycles. The lowest BCUT2D eigenvalue weighted by molar-refractivity contribution is -0.124. The lowest BCUT2D eigenvalue weighted by Crippen LogP contribution is -2.41. The number of rotatable bonds is 6. The predicted molar refractivity (Wildman–Crippen MR) is 69.5 cm³/mol. The molecular formula is C12H19N5O2. The van der Waals surface area contributed by atoms with Crippen LogP contribution < -0.4 is 10.6 Å². The fourth-order valence-electron chi connectivity index (χ4n) is 2.01. The first-order chi connectivity index (χ1) is 9.09.